The molecular weight excluding hydrogens is 768 g/mol. The van der Waals surface area contributed by atoms with Gasteiger partial charge in [-0.1, -0.05) is 147 Å². The molecule has 2 atom stereocenters. The molecule has 1 aromatic heterocycles. The highest BCUT2D eigenvalue weighted by molar-refractivity contribution is 7.26. The van der Waals surface area contributed by atoms with Gasteiger partial charge in [-0.3, -0.25) is 0 Å². The van der Waals surface area contributed by atoms with Crippen molar-refractivity contribution in [2.24, 2.45) is 0 Å². The molecule has 0 saturated heterocycles. The van der Waals surface area contributed by atoms with E-state index in [-0.39, 0.29) is 33.9 Å². The lowest BCUT2D eigenvalue weighted by molar-refractivity contribution is 0.195. The molecule has 5 aliphatic rings. The second kappa shape index (κ2) is 12.8. The third-order valence-electron chi connectivity index (χ3n) is 16.8. The maximum absolute atomic E-state index is 2.90. The standard InChI is InChI=1S/C58H59BN2S/c1-54(2,3)40-22-24-41(25-23-40)60-47-32-39(37-20-14-11-15-21-37)33-48-51(47)59(50-42-34-43-44(35-49(42)62-53(50)60)56(6,7)29-28-55(43,4)5)46-31-38(36-18-12-10-13-19-36)30-45-52(46)61(48)58(9)27-17-16-26-57(45,58)8/h10-15,18-25,30-35H,16-17,26-29H2,1-9H3. The van der Waals surface area contributed by atoms with Crippen LogP contribution in [-0.2, 0) is 21.7 Å². The fraction of sp³-hybridized carbons (Fsp3) is 0.345. The van der Waals surface area contributed by atoms with Crippen molar-refractivity contribution in [1.29, 1.82) is 0 Å². The van der Waals surface area contributed by atoms with E-state index in [4.69, 9.17) is 0 Å². The Morgan fingerprint density at radius 2 is 1.16 bits per heavy atom. The predicted molar refractivity (Wildman–Crippen MR) is 269 cm³/mol. The summed E-state index contributed by atoms with van der Waals surface area (Å²) < 4.78 is 1.42. The molecule has 310 valence electrons. The molecule has 0 amide bonds. The van der Waals surface area contributed by atoms with Crippen molar-refractivity contribution >= 4 is 72.3 Å². The Balaban J connectivity index is 1.25. The molecule has 0 radical (unpaired) electrons. The molecule has 4 heterocycles. The van der Waals surface area contributed by atoms with Gasteiger partial charge in [0, 0.05) is 32.9 Å². The summed E-state index contributed by atoms with van der Waals surface area (Å²) in [7, 11) is 0. The van der Waals surface area contributed by atoms with E-state index in [1.807, 2.05) is 11.3 Å². The monoisotopic (exact) mass is 826 g/mol. The van der Waals surface area contributed by atoms with E-state index in [1.165, 1.54) is 126 Å². The Bertz CT molecular complexity index is 2990. The lowest BCUT2D eigenvalue weighted by Crippen LogP contribution is -2.64. The van der Waals surface area contributed by atoms with E-state index in [2.05, 4.69) is 193 Å². The van der Waals surface area contributed by atoms with Gasteiger partial charge in [0.25, 0.3) is 6.71 Å². The van der Waals surface area contributed by atoms with Gasteiger partial charge in [0.05, 0.1) is 10.5 Å². The van der Waals surface area contributed by atoms with Gasteiger partial charge in [-0.25, -0.2) is 0 Å². The predicted octanol–water partition coefficient (Wildman–Crippen LogP) is 14.2. The minimum atomic E-state index is -0.0729. The number of fused-ring (bicyclic) bond motifs is 10. The van der Waals surface area contributed by atoms with Crippen LogP contribution in [0.25, 0.3) is 32.3 Å². The first-order chi connectivity index (χ1) is 29.6. The van der Waals surface area contributed by atoms with E-state index in [0.717, 1.165) is 0 Å². The van der Waals surface area contributed by atoms with Crippen LogP contribution >= 0.6 is 11.3 Å². The Labute approximate surface area is 374 Å². The summed E-state index contributed by atoms with van der Waals surface area (Å²) in [6.45, 7) is 22.2. The SMILES string of the molecule is CC(C)(C)c1ccc(N2c3cc(-c4ccccc4)cc4c3B(c3cc(-c5ccccc5)cc5c3N4C3(C)CCCCC53C)c3c2sc2cc4c(cc32)C(C)(C)CCC4(C)C)cc1. The van der Waals surface area contributed by atoms with Crippen LogP contribution in [0.5, 0.6) is 0 Å². The summed E-state index contributed by atoms with van der Waals surface area (Å²) in [5.74, 6) is 0. The van der Waals surface area contributed by atoms with Crippen molar-refractivity contribution in [2.45, 2.75) is 128 Å². The zero-order chi connectivity index (χ0) is 42.7. The molecule has 6 aromatic carbocycles. The van der Waals surface area contributed by atoms with E-state index in [9.17, 15) is 0 Å². The summed E-state index contributed by atoms with van der Waals surface area (Å²) in [6.07, 6.45) is 7.31. The van der Waals surface area contributed by atoms with E-state index in [1.54, 1.807) is 11.1 Å². The summed E-state index contributed by atoms with van der Waals surface area (Å²) in [5, 5.41) is 2.81. The normalized spacial score (nSPS) is 22.5. The zero-order valence-electron chi connectivity index (χ0n) is 38.2. The van der Waals surface area contributed by atoms with Crippen molar-refractivity contribution in [1.82, 2.24) is 0 Å². The van der Waals surface area contributed by atoms with Gasteiger partial charge in [-0.15, -0.1) is 11.3 Å². The highest BCUT2D eigenvalue weighted by Crippen LogP contribution is 2.63. The van der Waals surface area contributed by atoms with Crippen LogP contribution in [0.1, 0.15) is 123 Å². The molecule has 1 saturated carbocycles. The highest BCUT2D eigenvalue weighted by Gasteiger charge is 2.62. The van der Waals surface area contributed by atoms with Gasteiger partial charge in [0.2, 0.25) is 0 Å². The third-order valence-corrected chi connectivity index (χ3v) is 18.0. The number of rotatable bonds is 3. The van der Waals surface area contributed by atoms with Crippen LogP contribution in [0.3, 0.4) is 0 Å². The minimum Gasteiger partial charge on any atom is -0.335 e. The minimum absolute atomic E-state index is 0.0000489. The molecule has 12 rings (SSSR count). The summed E-state index contributed by atoms with van der Waals surface area (Å²) in [6, 6.07) is 47.7. The van der Waals surface area contributed by atoms with E-state index < -0.39 is 0 Å². The van der Waals surface area contributed by atoms with Gasteiger partial charge in [-0.2, -0.15) is 0 Å². The molecule has 62 heavy (non-hydrogen) atoms. The molecule has 0 N–H and O–H groups in total. The zero-order valence-corrected chi connectivity index (χ0v) is 39.0. The maximum atomic E-state index is 2.90. The second-order valence-electron chi connectivity index (χ2n) is 22.3. The first-order valence-electron chi connectivity index (χ1n) is 23.4. The summed E-state index contributed by atoms with van der Waals surface area (Å²) in [5.41, 5.74) is 21.3. The van der Waals surface area contributed by atoms with Gasteiger partial charge in [0.15, 0.2) is 0 Å². The number of anilines is 5. The third kappa shape index (κ3) is 5.17. The van der Waals surface area contributed by atoms with Gasteiger partial charge < -0.3 is 9.80 Å². The van der Waals surface area contributed by atoms with Crippen molar-refractivity contribution in [3.8, 4) is 22.3 Å². The molecule has 2 aliphatic carbocycles. The molecule has 4 heteroatoms. The maximum Gasteiger partial charge on any atom is 0.254 e. The number of hydrogen-bond acceptors (Lipinski definition) is 3. The first-order valence-corrected chi connectivity index (χ1v) is 24.2. The van der Waals surface area contributed by atoms with Crippen molar-refractivity contribution < 1.29 is 0 Å². The van der Waals surface area contributed by atoms with Gasteiger partial charge >= 0.3 is 0 Å². The fourth-order valence-electron chi connectivity index (χ4n) is 12.9. The van der Waals surface area contributed by atoms with Crippen LogP contribution < -0.4 is 26.2 Å². The second-order valence-corrected chi connectivity index (χ2v) is 23.3. The van der Waals surface area contributed by atoms with Crippen LogP contribution in [-0.4, -0.2) is 12.3 Å². The van der Waals surface area contributed by atoms with Crippen LogP contribution in [0, 0.1) is 0 Å². The Kier molecular flexibility index (Phi) is 7.96. The molecule has 1 fully saturated rings. The van der Waals surface area contributed by atoms with Crippen molar-refractivity contribution in [3.63, 3.8) is 0 Å². The number of thiophene rings is 1. The number of hydrogen-bond donors (Lipinski definition) is 0. The quantitative estimate of drug-likeness (QED) is 0.164. The number of nitrogens with zero attached hydrogens (tertiary/aromatic N) is 2. The molecule has 3 aliphatic heterocycles. The lowest BCUT2D eigenvalue weighted by Gasteiger charge is -2.52. The average molecular weight is 827 g/mol. The largest absolute Gasteiger partial charge is 0.335 e. The molecule has 0 bridgehead atoms. The Hall–Kier alpha value is -5.06. The van der Waals surface area contributed by atoms with Crippen molar-refractivity contribution in [2.75, 3.05) is 9.80 Å². The molecule has 0 spiro atoms. The topological polar surface area (TPSA) is 6.48 Å². The summed E-state index contributed by atoms with van der Waals surface area (Å²) in [4.78, 5) is 5.59. The van der Waals surface area contributed by atoms with Crippen LogP contribution in [0.2, 0.25) is 0 Å². The van der Waals surface area contributed by atoms with E-state index in [0.29, 0.717) is 0 Å². The van der Waals surface area contributed by atoms with E-state index >= 15 is 0 Å². The fourth-order valence-corrected chi connectivity index (χ4v) is 14.2. The Morgan fingerprint density at radius 1 is 0.565 bits per heavy atom. The van der Waals surface area contributed by atoms with Gasteiger partial charge in [-0.05, 0) is 158 Å². The van der Waals surface area contributed by atoms with Crippen LogP contribution in [0.15, 0.2) is 121 Å². The molecule has 2 unspecified atom stereocenters. The lowest BCUT2D eigenvalue weighted by atomic mass is 9.33. The first kappa shape index (κ1) is 38.6. The van der Waals surface area contributed by atoms with Gasteiger partial charge in [0.1, 0.15) is 0 Å². The number of benzene rings is 6. The molecular formula is C58H59BN2S. The van der Waals surface area contributed by atoms with Crippen LogP contribution in [0.4, 0.5) is 27.8 Å². The Morgan fingerprint density at radius 3 is 1.81 bits per heavy atom. The molecule has 2 nitrogen and oxygen atoms in total. The molecule has 7 aromatic rings. The summed E-state index contributed by atoms with van der Waals surface area (Å²) >= 11 is 2.03. The highest BCUT2D eigenvalue weighted by atomic mass is 32.1. The van der Waals surface area contributed by atoms with Crippen molar-refractivity contribution in [3.05, 3.63) is 144 Å². The smallest absolute Gasteiger partial charge is 0.254 e. The average Bonchev–Trinajstić information content (AvgIpc) is 3.73.